The van der Waals surface area contributed by atoms with Crippen LogP contribution in [0.2, 0.25) is 0 Å². The third kappa shape index (κ3) is 3.67. The van der Waals surface area contributed by atoms with Crippen LogP contribution in [0.1, 0.15) is 41.2 Å². The number of halogens is 1. The monoisotopic (exact) mass is 375 g/mol. The molecule has 0 spiro atoms. The molecule has 2 heterocycles. The molecule has 26 heavy (non-hydrogen) atoms. The van der Waals surface area contributed by atoms with Crippen LogP contribution in [0.15, 0.2) is 18.2 Å². The molecule has 4 nitrogen and oxygen atoms in total. The van der Waals surface area contributed by atoms with Crippen molar-refractivity contribution in [3.05, 3.63) is 40.2 Å². The van der Waals surface area contributed by atoms with Gasteiger partial charge in [-0.3, -0.25) is 9.69 Å². The first-order valence-corrected chi connectivity index (χ1v) is 10.0. The van der Waals surface area contributed by atoms with Crippen molar-refractivity contribution in [2.75, 3.05) is 26.2 Å². The van der Waals surface area contributed by atoms with Gasteiger partial charge in [-0.25, -0.2) is 9.37 Å². The Balaban J connectivity index is 1.80. The van der Waals surface area contributed by atoms with E-state index in [4.69, 9.17) is 0 Å². The van der Waals surface area contributed by atoms with E-state index < -0.39 is 0 Å². The first-order chi connectivity index (χ1) is 12.4. The summed E-state index contributed by atoms with van der Waals surface area (Å²) in [5.74, 6) is -0.184. The van der Waals surface area contributed by atoms with Gasteiger partial charge in [-0.1, -0.05) is 13.8 Å². The van der Waals surface area contributed by atoms with Gasteiger partial charge in [-0.15, -0.1) is 11.3 Å². The molecule has 0 saturated carbocycles. The molecule has 0 radical (unpaired) electrons. The third-order valence-corrected chi connectivity index (χ3v) is 6.37. The highest BCUT2D eigenvalue weighted by molar-refractivity contribution is 7.17. The minimum atomic E-state index is -0.254. The largest absolute Gasteiger partial charge is 0.336 e. The average molecular weight is 376 g/mol. The SMILES string of the molecule is CCN(CC)C1CCN(C(=O)c2sc(-c3ccc(F)cc3C)nc2C)C1. The van der Waals surface area contributed by atoms with Crippen LogP contribution in [0.5, 0.6) is 0 Å². The van der Waals surface area contributed by atoms with E-state index in [0.29, 0.717) is 10.9 Å². The minimum absolute atomic E-state index is 0.0701. The van der Waals surface area contributed by atoms with Gasteiger partial charge in [0.1, 0.15) is 15.7 Å². The maximum absolute atomic E-state index is 13.4. The number of hydrogen-bond donors (Lipinski definition) is 0. The summed E-state index contributed by atoms with van der Waals surface area (Å²) in [4.78, 5) is 22.7. The lowest BCUT2D eigenvalue weighted by Gasteiger charge is -2.26. The zero-order valence-corrected chi connectivity index (χ0v) is 16.7. The van der Waals surface area contributed by atoms with Crippen LogP contribution in [-0.2, 0) is 0 Å². The molecule has 1 atom stereocenters. The Morgan fingerprint density at radius 1 is 1.35 bits per heavy atom. The summed E-state index contributed by atoms with van der Waals surface area (Å²) in [6.45, 7) is 11.7. The van der Waals surface area contributed by atoms with E-state index in [9.17, 15) is 9.18 Å². The fourth-order valence-corrected chi connectivity index (χ4v) is 4.81. The summed E-state index contributed by atoms with van der Waals surface area (Å²) in [6, 6.07) is 5.13. The Morgan fingerprint density at radius 2 is 2.08 bits per heavy atom. The van der Waals surface area contributed by atoms with Crippen molar-refractivity contribution in [3.63, 3.8) is 0 Å². The molecule has 2 aromatic rings. The standard InChI is InChI=1S/C20H26FN3OS/c1-5-23(6-2)16-9-10-24(12-16)20(25)18-14(4)22-19(26-18)17-8-7-15(21)11-13(17)3/h7-8,11,16H,5-6,9-10,12H2,1-4H3. The summed E-state index contributed by atoms with van der Waals surface area (Å²) in [5, 5.41) is 0.780. The normalized spacial score (nSPS) is 17.3. The van der Waals surface area contributed by atoms with Crippen LogP contribution in [0.4, 0.5) is 4.39 Å². The number of aromatic nitrogens is 1. The molecule has 0 aliphatic carbocycles. The van der Waals surface area contributed by atoms with Crippen LogP contribution in [0, 0.1) is 19.7 Å². The number of aryl methyl sites for hydroxylation is 2. The second kappa shape index (κ2) is 7.84. The van der Waals surface area contributed by atoms with Gasteiger partial charge < -0.3 is 4.90 Å². The second-order valence-corrected chi connectivity index (χ2v) is 7.81. The van der Waals surface area contributed by atoms with Gasteiger partial charge in [0, 0.05) is 24.7 Å². The molecule has 6 heteroatoms. The van der Waals surface area contributed by atoms with Crippen molar-refractivity contribution < 1.29 is 9.18 Å². The van der Waals surface area contributed by atoms with Crippen LogP contribution in [0.25, 0.3) is 10.6 Å². The molecule has 1 aromatic carbocycles. The van der Waals surface area contributed by atoms with E-state index in [-0.39, 0.29) is 11.7 Å². The van der Waals surface area contributed by atoms with Crippen molar-refractivity contribution in [1.29, 1.82) is 0 Å². The van der Waals surface area contributed by atoms with E-state index in [2.05, 4.69) is 23.7 Å². The van der Waals surface area contributed by atoms with Gasteiger partial charge in [0.25, 0.3) is 5.91 Å². The maximum atomic E-state index is 13.4. The maximum Gasteiger partial charge on any atom is 0.265 e. The van der Waals surface area contributed by atoms with Crippen LogP contribution < -0.4 is 0 Å². The highest BCUT2D eigenvalue weighted by Crippen LogP contribution is 2.32. The highest BCUT2D eigenvalue weighted by atomic mass is 32.1. The predicted octanol–water partition coefficient (Wildman–Crippen LogP) is 4.12. The summed E-state index contributed by atoms with van der Waals surface area (Å²) >= 11 is 1.41. The number of benzene rings is 1. The number of thiazole rings is 1. The number of amides is 1. The van der Waals surface area contributed by atoms with Crippen molar-refractivity contribution in [1.82, 2.24) is 14.8 Å². The number of carbonyl (C=O) groups excluding carboxylic acids is 1. The summed E-state index contributed by atoms with van der Waals surface area (Å²) in [6.07, 6.45) is 1.02. The number of likely N-dealkylation sites (tertiary alicyclic amines) is 1. The average Bonchev–Trinajstić information content (AvgIpc) is 3.23. The molecule has 0 bridgehead atoms. The second-order valence-electron chi connectivity index (χ2n) is 6.81. The lowest BCUT2D eigenvalue weighted by molar-refractivity contribution is 0.0782. The molecule has 0 N–H and O–H groups in total. The fraction of sp³-hybridized carbons (Fsp3) is 0.500. The Bertz CT molecular complexity index is 800. The Labute approximate surface area is 158 Å². The van der Waals surface area contributed by atoms with E-state index in [1.165, 1.54) is 23.5 Å². The smallest absolute Gasteiger partial charge is 0.265 e. The van der Waals surface area contributed by atoms with Crippen molar-refractivity contribution >= 4 is 17.2 Å². The Hall–Kier alpha value is -1.79. The molecule has 1 aromatic heterocycles. The number of hydrogen-bond acceptors (Lipinski definition) is 4. The number of likely N-dealkylation sites (N-methyl/N-ethyl adjacent to an activating group) is 1. The zero-order valence-electron chi connectivity index (χ0n) is 15.9. The minimum Gasteiger partial charge on any atom is -0.336 e. The van der Waals surface area contributed by atoms with Gasteiger partial charge in [0.2, 0.25) is 0 Å². The lowest BCUT2D eigenvalue weighted by Crippen LogP contribution is -2.38. The number of nitrogens with zero attached hydrogens (tertiary/aromatic N) is 3. The Morgan fingerprint density at radius 3 is 2.73 bits per heavy atom. The highest BCUT2D eigenvalue weighted by Gasteiger charge is 2.31. The van der Waals surface area contributed by atoms with E-state index in [0.717, 1.165) is 54.4 Å². The quantitative estimate of drug-likeness (QED) is 0.789. The molecule has 1 aliphatic heterocycles. The fourth-order valence-electron chi connectivity index (χ4n) is 3.69. The van der Waals surface area contributed by atoms with Crippen LogP contribution in [-0.4, -0.2) is 52.9 Å². The topological polar surface area (TPSA) is 36.4 Å². The summed E-state index contributed by atoms with van der Waals surface area (Å²) < 4.78 is 13.4. The van der Waals surface area contributed by atoms with E-state index in [1.54, 1.807) is 6.07 Å². The number of carbonyl (C=O) groups is 1. The van der Waals surface area contributed by atoms with Crippen molar-refractivity contribution in [3.8, 4) is 10.6 Å². The van der Waals surface area contributed by atoms with Gasteiger partial charge in [-0.05, 0) is 57.1 Å². The van der Waals surface area contributed by atoms with Crippen molar-refractivity contribution in [2.45, 2.75) is 40.2 Å². The molecule has 1 unspecified atom stereocenters. The summed E-state index contributed by atoms with van der Waals surface area (Å²) in [5.41, 5.74) is 2.48. The third-order valence-electron chi connectivity index (χ3n) is 5.19. The van der Waals surface area contributed by atoms with Gasteiger partial charge >= 0.3 is 0 Å². The Kier molecular flexibility index (Phi) is 5.73. The van der Waals surface area contributed by atoms with Gasteiger partial charge in [0.15, 0.2) is 0 Å². The molecule has 3 rings (SSSR count). The molecule has 1 saturated heterocycles. The molecule has 1 fully saturated rings. The number of rotatable bonds is 5. The van der Waals surface area contributed by atoms with Crippen LogP contribution >= 0.6 is 11.3 Å². The predicted molar refractivity (Wildman–Crippen MR) is 104 cm³/mol. The van der Waals surface area contributed by atoms with Gasteiger partial charge in [0.05, 0.1) is 5.69 Å². The molecule has 1 aliphatic rings. The first kappa shape index (κ1) is 19.0. The first-order valence-electron chi connectivity index (χ1n) is 9.21. The molecule has 140 valence electrons. The van der Waals surface area contributed by atoms with Crippen molar-refractivity contribution in [2.24, 2.45) is 0 Å². The van der Waals surface area contributed by atoms with Crippen LogP contribution in [0.3, 0.4) is 0 Å². The molecular weight excluding hydrogens is 349 g/mol. The molecule has 1 amide bonds. The molecular formula is C20H26FN3OS. The van der Waals surface area contributed by atoms with E-state index in [1.807, 2.05) is 18.7 Å². The zero-order chi connectivity index (χ0) is 18.8. The summed E-state index contributed by atoms with van der Waals surface area (Å²) in [7, 11) is 0. The lowest BCUT2D eigenvalue weighted by atomic mass is 10.1. The van der Waals surface area contributed by atoms with E-state index >= 15 is 0 Å². The van der Waals surface area contributed by atoms with Gasteiger partial charge in [-0.2, -0.15) is 0 Å².